The highest BCUT2D eigenvalue weighted by molar-refractivity contribution is 7.93. The molecule has 2 aliphatic heterocycles. The van der Waals surface area contributed by atoms with Crippen molar-refractivity contribution in [2.24, 2.45) is 0 Å². The second-order valence-electron chi connectivity index (χ2n) is 6.18. The minimum atomic E-state index is -3.08. The Labute approximate surface area is 123 Å². The molecule has 2 aliphatic rings. The van der Waals surface area contributed by atoms with Gasteiger partial charge in [0.1, 0.15) is 11.6 Å². The van der Waals surface area contributed by atoms with Crippen LogP contribution >= 0.6 is 0 Å². The number of rotatable bonds is 3. The van der Waals surface area contributed by atoms with Crippen LogP contribution in [0.1, 0.15) is 31.2 Å². The smallest absolute Gasteiger partial charge is 0.156 e. The molecule has 3 rings (SSSR count). The second kappa shape index (κ2) is 4.95. The summed E-state index contributed by atoms with van der Waals surface area (Å²) < 4.78 is 42.8. The van der Waals surface area contributed by atoms with Crippen molar-refractivity contribution in [2.75, 3.05) is 7.11 Å². The van der Waals surface area contributed by atoms with E-state index in [4.69, 9.17) is 4.74 Å². The number of sulfone groups is 1. The maximum Gasteiger partial charge on any atom is 0.156 e. The SMILES string of the molecule is COc1ccc(F)cc1CC1(O)CC2CCC(C1)S2(=O)=O. The molecule has 2 fully saturated rings. The van der Waals surface area contributed by atoms with Gasteiger partial charge >= 0.3 is 0 Å². The average molecular weight is 314 g/mol. The van der Waals surface area contributed by atoms with Gasteiger partial charge in [-0.1, -0.05) is 0 Å². The summed E-state index contributed by atoms with van der Waals surface area (Å²) in [5.74, 6) is 0.131. The molecule has 2 heterocycles. The Morgan fingerprint density at radius 3 is 2.52 bits per heavy atom. The molecule has 116 valence electrons. The van der Waals surface area contributed by atoms with Crippen molar-refractivity contribution in [1.29, 1.82) is 0 Å². The van der Waals surface area contributed by atoms with Crippen LogP contribution in [0, 0.1) is 5.82 Å². The Morgan fingerprint density at radius 1 is 1.33 bits per heavy atom. The third-order valence-corrected chi connectivity index (χ3v) is 7.38. The van der Waals surface area contributed by atoms with Crippen LogP contribution in [0.3, 0.4) is 0 Å². The summed E-state index contributed by atoms with van der Waals surface area (Å²) in [6, 6.07) is 4.19. The fourth-order valence-corrected chi connectivity index (χ4v) is 6.28. The van der Waals surface area contributed by atoms with Crippen molar-refractivity contribution in [3.63, 3.8) is 0 Å². The summed E-state index contributed by atoms with van der Waals surface area (Å²) in [5.41, 5.74) is -0.517. The maximum atomic E-state index is 13.4. The van der Waals surface area contributed by atoms with Gasteiger partial charge in [0.2, 0.25) is 0 Å². The molecule has 0 aromatic heterocycles. The van der Waals surface area contributed by atoms with Crippen LogP contribution in [0.25, 0.3) is 0 Å². The van der Waals surface area contributed by atoms with E-state index in [1.807, 2.05) is 0 Å². The van der Waals surface area contributed by atoms with Crippen molar-refractivity contribution in [1.82, 2.24) is 0 Å². The maximum absolute atomic E-state index is 13.4. The minimum absolute atomic E-state index is 0.219. The van der Waals surface area contributed by atoms with Crippen LogP contribution in [0.15, 0.2) is 18.2 Å². The van der Waals surface area contributed by atoms with Crippen LogP contribution < -0.4 is 4.74 Å². The normalized spacial score (nSPS) is 33.9. The number of hydrogen-bond donors (Lipinski definition) is 1. The van der Waals surface area contributed by atoms with E-state index in [2.05, 4.69) is 0 Å². The highest BCUT2D eigenvalue weighted by atomic mass is 32.2. The third-order valence-electron chi connectivity index (χ3n) is 4.72. The zero-order chi connectivity index (χ0) is 15.3. The fourth-order valence-electron chi connectivity index (χ4n) is 3.72. The van der Waals surface area contributed by atoms with Crippen LogP contribution in [-0.2, 0) is 16.3 Å². The van der Waals surface area contributed by atoms with Gasteiger partial charge in [0.25, 0.3) is 0 Å². The summed E-state index contributed by atoms with van der Waals surface area (Å²) >= 11 is 0. The molecule has 2 saturated heterocycles. The molecule has 6 heteroatoms. The molecule has 2 atom stereocenters. The highest BCUT2D eigenvalue weighted by Crippen LogP contribution is 2.45. The van der Waals surface area contributed by atoms with Gasteiger partial charge in [-0.3, -0.25) is 0 Å². The summed E-state index contributed by atoms with van der Waals surface area (Å²) in [5, 5.41) is 9.89. The third kappa shape index (κ3) is 2.55. The molecule has 0 radical (unpaired) electrons. The zero-order valence-corrected chi connectivity index (χ0v) is 12.7. The summed E-state index contributed by atoms with van der Waals surface area (Å²) in [6.07, 6.45) is 1.92. The van der Waals surface area contributed by atoms with Gasteiger partial charge in [0.15, 0.2) is 9.84 Å². The van der Waals surface area contributed by atoms with E-state index in [-0.39, 0.29) is 25.1 Å². The first-order valence-corrected chi connectivity index (χ1v) is 8.72. The first-order chi connectivity index (χ1) is 9.84. The van der Waals surface area contributed by atoms with Gasteiger partial charge in [0.05, 0.1) is 23.2 Å². The van der Waals surface area contributed by atoms with E-state index in [9.17, 15) is 17.9 Å². The standard InChI is InChI=1S/C15H19FO4S/c1-20-14-5-2-11(16)6-10(14)7-15(17)8-12-3-4-13(9-15)21(12,18)19/h2,5-6,12-13,17H,3-4,7-9H2,1H3. The molecule has 2 unspecified atom stereocenters. The first-order valence-electron chi connectivity index (χ1n) is 7.11. The minimum Gasteiger partial charge on any atom is -0.496 e. The van der Waals surface area contributed by atoms with Gasteiger partial charge in [-0.15, -0.1) is 0 Å². The quantitative estimate of drug-likeness (QED) is 0.925. The van der Waals surface area contributed by atoms with Crippen molar-refractivity contribution in [3.05, 3.63) is 29.6 Å². The van der Waals surface area contributed by atoms with Gasteiger partial charge in [-0.25, -0.2) is 12.8 Å². The highest BCUT2D eigenvalue weighted by Gasteiger charge is 2.52. The molecule has 0 saturated carbocycles. The topological polar surface area (TPSA) is 63.6 Å². The van der Waals surface area contributed by atoms with E-state index < -0.39 is 25.9 Å². The van der Waals surface area contributed by atoms with E-state index in [1.165, 1.54) is 25.3 Å². The van der Waals surface area contributed by atoms with Crippen LogP contribution in [0.4, 0.5) is 4.39 Å². The molecule has 21 heavy (non-hydrogen) atoms. The molecule has 2 bridgehead atoms. The van der Waals surface area contributed by atoms with E-state index in [0.717, 1.165) is 0 Å². The Balaban J connectivity index is 1.87. The monoisotopic (exact) mass is 314 g/mol. The van der Waals surface area contributed by atoms with Crippen molar-refractivity contribution < 1.29 is 22.7 Å². The van der Waals surface area contributed by atoms with Gasteiger partial charge in [-0.05, 0) is 49.4 Å². The van der Waals surface area contributed by atoms with E-state index in [1.54, 1.807) is 0 Å². The molecule has 0 amide bonds. The summed E-state index contributed by atoms with van der Waals surface area (Å²) in [4.78, 5) is 0. The Bertz CT molecular complexity index is 636. The van der Waals surface area contributed by atoms with Crippen molar-refractivity contribution in [3.8, 4) is 5.75 Å². The number of benzene rings is 1. The lowest BCUT2D eigenvalue weighted by molar-refractivity contribution is 0.0214. The second-order valence-corrected chi connectivity index (χ2v) is 8.69. The Hall–Kier alpha value is -1.14. The largest absolute Gasteiger partial charge is 0.496 e. The molecule has 0 spiro atoms. The summed E-state index contributed by atoms with van der Waals surface area (Å²) in [6.45, 7) is 0. The number of ether oxygens (including phenoxy) is 1. The fraction of sp³-hybridized carbons (Fsp3) is 0.600. The zero-order valence-electron chi connectivity index (χ0n) is 11.9. The number of fused-ring (bicyclic) bond motifs is 2. The lowest BCUT2D eigenvalue weighted by Gasteiger charge is -2.36. The van der Waals surface area contributed by atoms with Gasteiger partial charge in [-0.2, -0.15) is 0 Å². The molecule has 1 aromatic carbocycles. The predicted octanol–water partition coefficient (Wildman–Crippen LogP) is 1.85. The van der Waals surface area contributed by atoms with E-state index in [0.29, 0.717) is 24.2 Å². The molecular formula is C15H19FO4S. The van der Waals surface area contributed by atoms with Crippen LogP contribution in [-0.4, -0.2) is 36.7 Å². The van der Waals surface area contributed by atoms with Crippen LogP contribution in [0.2, 0.25) is 0 Å². The number of methoxy groups -OCH3 is 1. The number of hydrogen-bond acceptors (Lipinski definition) is 4. The Morgan fingerprint density at radius 2 is 1.95 bits per heavy atom. The number of halogens is 1. The lowest BCUT2D eigenvalue weighted by Crippen LogP contribution is -2.46. The van der Waals surface area contributed by atoms with E-state index >= 15 is 0 Å². The van der Waals surface area contributed by atoms with Crippen molar-refractivity contribution in [2.45, 2.75) is 48.2 Å². The molecule has 1 aromatic rings. The van der Waals surface area contributed by atoms with Crippen LogP contribution in [0.5, 0.6) is 5.75 Å². The molecular weight excluding hydrogens is 295 g/mol. The molecule has 4 nitrogen and oxygen atoms in total. The van der Waals surface area contributed by atoms with Crippen molar-refractivity contribution >= 4 is 9.84 Å². The number of aliphatic hydroxyl groups is 1. The lowest BCUT2D eigenvalue weighted by atomic mass is 9.86. The average Bonchev–Trinajstić information content (AvgIpc) is 2.59. The molecule has 0 aliphatic carbocycles. The first kappa shape index (κ1) is 14.8. The molecule has 1 N–H and O–H groups in total. The Kier molecular flexibility index (Phi) is 3.48. The van der Waals surface area contributed by atoms with Gasteiger partial charge in [0, 0.05) is 6.42 Å². The summed E-state index contributed by atoms with van der Waals surface area (Å²) in [7, 11) is -1.59. The van der Waals surface area contributed by atoms with Gasteiger partial charge < -0.3 is 9.84 Å². The predicted molar refractivity (Wildman–Crippen MR) is 76.6 cm³/mol.